The van der Waals surface area contributed by atoms with E-state index in [9.17, 15) is 14.3 Å². The normalized spacial score (nSPS) is 34.2. The van der Waals surface area contributed by atoms with Crippen molar-refractivity contribution in [1.29, 1.82) is 0 Å². The summed E-state index contributed by atoms with van der Waals surface area (Å²) in [6.07, 6.45) is -2.32. The van der Waals surface area contributed by atoms with Crippen molar-refractivity contribution in [1.82, 2.24) is 4.57 Å². The molecular weight excluding hydrogens is 213 g/mol. The fourth-order valence-corrected chi connectivity index (χ4v) is 1.92. The lowest BCUT2D eigenvalue weighted by Crippen LogP contribution is -2.31. The molecule has 1 aromatic heterocycles. The zero-order chi connectivity index (χ0) is 11.7. The highest BCUT2D eigenvalue weighted by molar-refractivity contribution is 4.98. The van der Waals surface area contributed by atoms with Crippen LogP contribution in [0.15, 0.2) is 29.2 Å². The molecule has 5 heteroatoms. The Bertz CT molecular complexity index is 420. The van der Waals surface area contributed by atoms with Gasteiger partial charge < -0.3 is 9.84 Å². The van der Waals surface area contributed by atoms with Crippen molar-refractivity contribution in [2.75, 3.05) is 0 Å². The average Bonchev–Trinajstić information content (AvgIpc) is 2.57. The van der Waals surface area contributed by atoms with E-state index in [0.29, 0.717) is 6.42 Å². The molecule has 0 bridgehead atoms. The number of halogens is 1. The number of nitrogens with zero attached hydrogens (tertiary/aromatic N) is 1. The Morgan fingerprint density at radius 1 is 1.56 bits per heavy atom. The number of hydrogen-bond acceptors (Lipinski definition) is 3. The minimum absolute atomic E-state index is 0.334. The predicted molar refractivity (Wildman–Crippen MR) is 55.8 cm³/mol. The zero-order valence-electron chi connectivity index (χ0n) is 8.91. The van der Waals surface area contributed by atoms with E-state index in [-0.39, 0.29) is 5.56 Å². The Morgan fingerprint density at radius 2 is 2.31 bits per heavy atom. The third-order valence-corrected chi connectivity index (χ3v) is 2.82. The highest BCUT2D eigenvalue weighted by Crippen LogP contribution is 2.32. The summed E-state index contributed by atoms with van der Waals surface area (Å²) in [5.41, 5.74) is -0.334. The first-order valence-corrected chi connectivity index (χ1v) is 5.30. The lowest BCUT2D eigenvalue weighted by Gasteiger charge is -2.15. The lowest BCUT2D eigenvalue weighted by molar-refractivity contribution is -0.0273. The van der Waals surface area contributed by atoms with Crippen LogP contribution in [0.3, 0.4) is 0 Å². The number of alkyl halides is 1. The quantitative estimate of drug-likeness (QED) is 0.815. The molecule has 0 amide bonds. The number of hydrogen-bond donors (Lipinski definition) is 1. The van der Waals surface area contributed by atoms with Crippen molar-refractivity contribution in [3.05, 3.63) is 34.7 Å². The summed E-state index contributed by atoms with van der Waals surface area (Å²) in [6.45, 7) is 1.80. The van der Waals surface area contributed by atoms with E-state index in [2.05, 4.69) is 0 Å². The number of ether oxygens (including phenoxy) is 1. The van der Waals surface area contributed by atoms with Crippen LogP contribution < -0.4 is 5.56 Å². The number of aliphatic hydroxyl groups excluding tert-OH is 1. The van der Waals surface area contributed by atoms with E-state index in [4.69, 9.17) is 4.74 Å². The summed E-state index contributed by atoms with van der Waals surface area (Å²) in [5.74, 6) is 0. The highest BCUT2D eigenvalue weighted by Gasteiger charge is 2.44. The molecule has 4 nitrogen and oxygen atoms in total. The highest BCUT2D eigenvalue weighted by atomic mass is 19.1. The number of aliphatic hydroxyl groups is 1. The molecule has 0 aromatic carbocycles. The van der Waals surface area contributed by atoms with Crippen molar-refractivity contribution in [2.45, 2.75) is 38.0 Å². The van der Waals surface area contributed by atoms with E-state index in [1.165, 1.54) is 16.8 Å². The first-order valence-electron chi connectivity index (χ1n) is 5.30. The third kappa shape index (κ3) is 1.76. The molecule has 4 atom stereocenters. The summed E-state index contributed by atoms with van der Waals surface area (Å²) >= 11 is 0. The number of rotatable bonds is 2. The Balaban J connectivity index is 2.30. The van der Waals surface area contributed by atoms with Crippen LogP contribution in [-0.2, 0) is 4.74 Å². The fraction of sp³-hybridized carbons (Fsp3) is 0.545. The zero-order valence-corrected chi connectivity index (χ0v) is 8.91. The smallest absolute Gasteiger partial charge is 0.252 e. The molecule has 1 aliphatic rings. The Hall–Kier alpha value is -1.20. The molecule has 0 unspecified atom stereocenters. The lowest BCUT2D eigenvalue weighted by atomic mass is 10.1. The van der Waals surface area contributed by atoms with Crippen LogP contribution in [0, 0.1) is 0 Å². The summed E-state index contributed by atoms with van der Waals surface area (Å²) in [7, 11) is 0. The SMILES string of the molecule is CC[C@H]1O[C@@H](n2ccccc2=O)[C@H](F)[C@@H]1O. The third-order valence-electron chi connectivity index (χ3n) is 2.82. The van der Waals surface area contributed by atoms with Crippen LogP contribution in [0.4, 0.5) is 4.39 Å². The molecule has 0 spiro atoms. The molecule has 1 fully saturated rings. The van der Waals surface area contributed by atoms with Gasteiger partial charge in [0.15, 0.2) is 12.4 Å². The molecule has 1 N–H and O–H groups in total. The van der Waals surface area contributed by atoms with Crippen molar-refractivity contribution in [3.63, 3.8) is 0 Å². The van der Waals surface area contributed by atoms with E-state index in [1.54, 1.807) is 19.1 Å². The van der Waals surface area contributed by atoms with Gasteiger partial charge in [0.05, 0.1) is 6.10 Å². The summed E-state index contributed by atoms with van der Waals surface area (Å²) < 4.78 is 20.3. The summed E-state index contributed by atoms with van der Waals surface area (Å²) in [4.78, 5) is 11.5. The average molecular weight is 227 g/mol. The maximum Gasteiger partial charge on any atom is 0.252 e. The maximum atomic E-state index is 13.7. The minimum Gasteiger partial charge on any atom is -0.387 e. The molecule has 2 rings (SSSR count). The monoisotopic (exact) mass is 227 g/mol. The van der Waals surface area contributed by atoms with Crippen LogP contribution in [-0.4, -0.2) is 28.1 Å². The van der Waals surface area contributed by atoms with E-state index in [1.807, 2.05) is 0 Å². The topological polar surface area (TPSA) is 51.5 Å². The van der Waals surface area contributed by atoms with Gasteiger partial charge in [-0.15, -0.1) is 0 Å². The first-order chi connectivity index (χ1) is 7.65. The Morgan fingerprint density at radius 3 is 2.88 bits per heavy atom. The van der Waals surface area contributed by atoms with Crippen LogP contribution in [0.2, 0.25) is 0 Å². The Kier molecular flexibility index (Phi) is 3.07. The van der Waals surface area contributed by atoms with Gasteiger partial charge in [0.25, 0.3) is 5.56 Å². The first kappa shape index (κ1) is 11.3. The molecular formula is C11H14FNO3. The molecule has 1 aliphatic heterocycles. The molecule has 1 saturated heterocycles. The second-order valence-corrected chi connectivity index (χ2v) is 3.85. The minimum atomic E-state index is -1.56. The molecule has 0 radical (unpaired) electrons. The van der Waals surface area contributed by atoms with Crippen molar-refractivity contribution >= 4 is 0 Å². The van der Waals surface area contributed by atoms with Gasteiger partial charge in [0, 0.05) is 12.3 Å². The number of aromatic nitrogens is 1. The molecule has 0 aliphatic carbocycles. The largest absolute Gasteiger partial charge is 0.387 e. The van der Waals surface area contributed by atoms with Gasteiger partial charge in [-0.2, -0.15) is 0 Å². The van der Waals surface area contributed by atoms with Crippen molar-refractivity contribution < 1.29 is 14.2 Å². The van der Waals surface area contributed by atoms with Crippen molar-refractivity contribution in [3.8, 4) is 0 Å². The molecule has 88 valence electrons. The van der Waals surface area contributed by atoms with E-state index in [0.717, 1.165) is 0 Å². The molecule has 2 heterocycles. The van der Waals surface area contributed by atoms with E-state index >= 15 is 0 Å². The number of pyridine rings is 1. The second-order valence-electron chi connectivity index (χ2n) is 3.85. The summed E-state index contributed by atoms with van der Waals surface area (Å²) in [6, 6.07) is 4.54. The maximum absolute atomic E-state index is 13.7. The fourth-order valence-electron chi connectivity index (χ4n) is 1.92. The van der Waals surface area contributed by atoms with Crippen molar-refractivity contribution in [2.24, 2.45) is 0 Å². The second kappa shape index (κ2) is 4.35. The van der Waals surface area contributed by atoms with Gasteiger partial charge in [-0.05, 0) is 12.5 Å². The van der Waals surface area contributed by atoms with Gasteiger partial charge >= 0.3 is 0 Å². The standard InChI is InChI=1S/C11H14FNO3/c1-2-7-10(15)9(12)11(16-7)13-6-4-3-5-8(13)14/h3-7,9-11,15H,2H2,1H3/t7-,9-,10-,11-/m1/s1. The Labute approximate surface area is 92.3 Å². The predicted octanol–water partition coefficient (Wildman–Crippen LogP) is 0.855. The molecule has 0 saturated carbocycles. The van der Waals surface area contributed by atoms with Gasteiger partial charge in [0.1, 0.15) is 6.10 Å². The van der Waals surface area contributed by atoms with Crippen LogP contribution in [0.1, 0.15) is 19.6 Å². The molecule has 16 heavy (non-hydrogen) atoms. The van der Waals surface area contributed by atoms with E-state index < -0.39 is 24.6 Å². The van der Waals surface area contributed by atoms with Gasteiger partial charge in [0.2, 0.25) is 0 Å². The van der Waals surface area contributed by atoms with Crippen LogP contribution in [0.25, 0.3) is 0 Å². The summed E-state index contributed by atoms with van der Waals surface area (Å²) in [5, 5.41) is 9.56. The van der Waals surface area contributed by atoms with Crippen LogP contribution >= 0.6 is 0 Å². The van der Waals surface area contributed by atoms with Gasteiger partial charge in [-0.3, -0.25) is 9.36 Å². The van der Waals surface area contributed by atoms with Gasteiger partial charge in [-0.1, -0.05) is 13.0 Å². The van der Waals surface area contributed by atoms with Gasteiger partial charge in [-0.25, -0.2) is 4.39 Å². The van der Waals surface area contributed by atoms with Crippen LogP contribution in [0.5, 0.6) is 0 Å². The molecule has 1 aromatic rings.